The highest BCUT2D eigenvalue weighted by Gasteiger charge is 2.06. The van der Waals surface area contributed by atoms with Crippen molar-refractivity contribution in [3.05, 3.63) is 48.3 Å². The van der Waals surface area contributed by atoms with E-state index in [9.17, 15) is 4.39 Å². The molecule has 0 saturated carbocycles. The Morgan fingerprint density at radius 3 is 2.50 bits per heavy atom. The lowest BCUT2D eigenvalue weighted by atomic mass is 10.2. The number of hydrogen-bond acceptors (Lipinski definition) is 3. The molecule has 2 aromatic rings. The smallest absolute Gasteiger partial charge is 0.165 e. The van der Waals surface area contributed by atoms with Crippen molar-refractivity contribution < 1.29 is 14.2 Å². The number of halogens is 1. The number of nitrogens with two attached hydrogens (primary N) is 1. The molecule has 0 bridgehead atoms. The summed E-state index contributed by atoms with van der Waals surface area (Å²) in [5.41, 5.74) is 5.86. The monoisotopic (exact) mass is 219 g/mol. The van der Waals surface area contributed by atoms with Crippen LogP contribution < -0.4 is 10.5 Å². The molecule has 0 spiro atoms. The number of phenolic OH excluding ortho intramolecular Hbond substituents is 1. The quantitative estimate of drug-likeness (QED) is 0.763. The largest absolute Gasteiger partial charge is 0.508 e. The molecule has 0 saturated heterocycles. The minimum Gasteiger partial charge on any atom is -0.508 e. The lowest BCUT2D eigenvalue weighted by Crippen LogP contribution is -1.93. The van der Waals surface area contributed by atoms with Crippen LogP contribution in [0.25, 0.3) is 0 Å². The maximum atomic E-state index is 13.3. The Hall–Kier alpha value is -2.23. The van der Waals surface area contributed by atoms with Gasteiger partial charge in [-0.25, -0.2) is 4.39 Å². The zero-order valence-electron chi connectivity index (χ0n) is 8.35. The summed E-state index contributed by atoms with van der Waals surface area (Å²) in [6, 6.07) is 10.3. The van der Waals surface area contributed by atoms with Crippen LogP contribution in [0.5, 0.6) is 17.2 Å². The number of aromatic hydroxyl groups is 1. The molecular formula is C12H10FNO2. The van der Waals surface area contributed by atoms with E-state index >= 15 is 0 Å². The van der Waals surface area contributed by atoms with Gasteiger partial charge >= 0.3 is 0 Å². The first-order valence-electron chi connectivity index (χ1n) is 4.67. The lowest BCUT2D eigenvalue weighted by molar-refractivity contribution is 0.440. The van der Waals surface area contributed by atoms with Crippen molar-refractivity contribution in [2.45, 2.75) is 0 Å². The van der Waals surface area contributed by atoms with Crippen molar-refractivity contribution in [1.29, 1.82) is 0 Å². The molecule has 0 amide bonds. The highest BCUT2D eigenvalue weighted by atomic mass is 19.1. The van der Waals surface area contributed by atoms with Gasteiger partial charge in [-0.1, -0.05) is 12.1 Å². The second-order valence-corrected chi connectivity index (χ2v) is 3.25. The van der Waals surface area contributed by atoms with Gasteiger partial charge in [-0.05, 0) is 24.3 Å². The molecule has 0 aliphatic carbocycles. The normalized spacial score (nSPS) is 10.1. The van der Waals surface area contributed by atoms with Gasteiger partial charge in [0.1, 0.15) is 5.75 Å². The highest BCUT2D eigenvalue weighted by molar-refractivity contribution is 5.57. The van der Waals surface area contributed by atoms with Crippen LogP contribution in [0.1, 0.15) is 0 Å². The fourth-order valence-electron chi connectivity index (χ4n) is 1.27. The summed E-state index contributed by atoms with van der Waals surface area (Å²) in [5, 5.41) is 9.15. The van der Waals surface area contributed by atoms with Crippen LogP contribution in [0.4, 0.5) is 10.1 Å². The minimum atomic E-state index is -0.463. The zero-order valence-corrected chi connectivity index (χ0v) is 8.35. The molecule has 0 unspecified atom stereocenters. The third kappa shape index (κ3) is 2.06. The molecule has 0 radical (unpaired) electrons. The maximum absolute atomic E-state index is 13.3. The fraction of sp³-hybridized carbons (Fsp3) is 0. The van der Waals surface area contributed by atoms with Crippen molar-refractivity contribution in [3.8, 4) is 17.2 Å². The molecular weight excluding hydrogens is 209 g/mol. The van der Waals surface area contributed by atoms with Crippen LogP contribution >= 0.6 is 0 Å². The molecule has 0 aliphatic heterocycles. The molecule has 16 heavy (non-hydrogen) atoms. The van der Waals surface area contributed by atoms with E-state index in [0.717, 1.165) is 0 Å². The Balaban J connectivity index is 2.31. The van der Waals surface area contributed by atoms with Crippen LogP contribution in [0.2, 0.25) is 0 Å². The summed E-state index contributed by atoms with van der Waals surface area (Å²) in [6.45, 7) is 0. The number of para-hydroxylation sites is 1. The second kappa shape index (κ2) is 4.10. The Morgan fingerprint density at radius 1 is 1.06 bits per heavy atom. The van der Waals surface area contributed by atoms with E-state index in [1.807, 2.05) is 0 Å². The van der Waals surface area contributed by atoms with Crippen LogP contribution in [-0.2, 0) is 0 Å². The number of phenols is 1. The van der Waals surface area contributed by atoms with Gasteiger partial charge in [0.05, 0.1) is 5.69 Å². The van der Waals surface area contributed by atoms with Gasteiger partial charge in [0.25, 0.3) is 0 Å². The van der Waals surface area contributed by atoms with Gasteiger partial charge in [-0.2, -0.15) is 0 Å². The molecule has 2 rings (SSSR count). The summed E-state index contributed by atoms with van der Waals surface area (Å²) < 4.78 is 18.6. The molecule has 0 heterocycles. The van der Waals surface area contributed by atoms with Gasteiger partial charge in [0.2, 0.25) is 0 Å². The average Bonchev–Trinajstić information content (AvgIpc) is 2.25. The molecule has 3 nitrogen and oxygen atoms in total. The van der Waals surface area contributed by atoms with Crippen molar-refractivity contribution in [2.75, 3.05) is 5.73 Å². The molecule has 82 valence electrons. The zero-order chi connectivity index (χ0) is 11.5. The SMILES string of the molecule is Nc1cc(O)ccc1Oc1ccccc1F. The summed E-state index contributed by atoms with van der Waals surface area (Å²) in [7, 11) is 0. The van der Waals surface area contributed by atoms with E-state index in [0.29, 0.717) is 5.75 Å². The number of ether oxygens (including phenoxy) is 1. The number of benzene rings is 2. The van der Waals surface area contributed by atoms with Crippen LogP contribution in [0.15, 0.2) is 42.5 Å². The van der Waals surface area contributed by atoms with Gasteiger partial charge in [0, 0.05) is 6.07 Å². The summed E-state index contributed by atoms with van der Waals surface area (Å²) >= 11 is 0. The number of anilines is 1. The Bertz CT molecular complexity index is 514. The molecule has 2 aromatic carbocycles. The Labute approximate surface area is 91.9 Å². The van der Waals surface area contributed by atoms with E-state index in [1.165, 1.54) is 30.3 Å². The molecule has 0 aromatic heterocycles. The fourth-order valence-corrected chi connectivity index (χ4v) is 1.27. The molecule has 0 atom stereocenters. The Morgan fingerprint density at radius 2 is 1.81 bits per heavy atom. The van der Waals surface area contributed by atoms with Crippen molar-refractivity contribution in [3.63, 3.8) is 0 Å². The standard InChI is InChI=1S/C12H10FNO2/c13-9-3-1-2-4-11(9)16-12-6-5-8(15)7-10(12)14/h1-7,15H,14H2. The first-order chi connectivity index (χ1) is 7.66. The van der Waals surface area contributed by atoms with Gasteiger partial charge in [-0.15, -0.1) is 0 Å². The molecule has 0 aliphatic rings. The van der Waals surface area contributed by atoms with Gasteiger partial charge in [-0.3, -0.25) is 0 Å². The Kier molecular flexibility index (Phi) is 2.64. The van der Waals surface area contributed by atoms with Gasteiger partial charge in [0.15, 0.2) is 17.3 Å². The van der Waals surface area contributed by atoms with E-state index in [2.05, 4.69) is 0 Å². The third-order valence-electron chi connectivity index (χ3n) is 2.05. The van der Waals surface area contributed by atoms with Crippen molar-refractivity contribution in [1.82, 2.24) is 0 Å². The van der Waals surface area contributed by atoms with E-state index in [4.69, 9.17) is 15.6 Å². The number of rotatable bonds is 2. The van der Waals surface area contributed by atoms with Gasteiger partial charge < -0.3 is 15.6 Å². The van der Waals surface area contributed by atoms with Crippen LogP contribution in [0.3, 0.4) is 0 Å². The lowest BCUT2D eigenvalue weighted by Gasteiger charge is -2.08. The number of hydrogen-bond donors (Lipinski definition) is 2. The average molecular weight is 219 g/mol. The van der Waals surface area contributed by atoms with Crippen molar-refractivity contribution in [2.24, 2.45) is 0 Å². The topological polar surface area (TPSA) is 55.5 Å². The third-order valence-corrected chi connectivity index (χ3v) is 2.05. The molecule has 4 heteroatoms. The van der Waals surface area contributed by atoms with E-state index in [1.54, 1.807) is 12.1 Å². The predicted octanol–water partition coefficient (Wildman–Crippen LogP) is 2.91. The van der Waals surface area contributed by atoms with Crippen molar-refractivity contribution >= 4 is 5.69 Å². The maximum Gasteiger partial charge on any atom is 0.165 e. The summed E-state index contributed by atoms with van der Waals surface area (Å²) in [5.74, 6) is -0.0175. The summed E-state index contributed by atoms with van der Waals surface area (Å²) in [4.78, 5) is 0. The molecule has 3 N–H and O–H groups in total. The summed E-state index contributed by atoms with van der Waals surface area (Å²) in [6.07, 6.45) is 0. The first kappa shape index (κ1) is 10.3. The van der Waals surface area contributed by atoms with E-state index < -0.39 is 5.82 Å². The number of nitrogen functional groups attached to an aromatic ring is 1. The van der Waals surface area contributed by atoms with Crippen LogP contribution in [0, 0.1) is 5.82 Å². The highest BCUT2D eigenvalue weighted by Crippen LogP contribution is 2.31. The minimum absolute atomic E-state index is 0.0402. The second-order valence-electron chi connectivity index (χ2n) is 3.25. The molecule has 0 fully saturated rings. The van der Waals surface area contributed by atoms with E-state index in [-0.39, 0.29) is 17.2 Å². The first-order valence-corrected chi connectivity index (χ1v) is 4.67. The van der Waals surface area contributed by atoms with Crippen LogP contribution in [-0.4, -0.2) is 5.11 Å². The predicted molar refractivity (Wildman–Crippen MR) is 59.0 cm³/mol.